The molecule has 3 N–H and O–H groups in total. The Bertz CT molecular complexity index is 647. The van der Waals surface area contributed by atoms with E-state index < -0.39 is 0 Å². The predicted molar refractivity (Wildman–Crippen MR) is 105 cm³/mol. The molecule has 0 spiro atoms. The third-order valence-corrected chi connectivity index (χ3v) is 4.99. The first-order valence-electron chi connectivity index (χ1n) is 8.86. The van der Waals surface area contributed by atoms with Crippen LogP contribution in [-0.2, 0) is 11.2 Å². The summed E-state index contributed by atoms with van der Waals surface area (Å²) in [5.41, 5.74) is 8.48. The highest BCUT2D eigenvalue weighted by Gasteiger charge is 2.27. The minimum Gasteiger partial charge on any atom is -0.349 e. The SMILES string of the molecule is Cl.N[C@@H]1CCC[C@H]1CC(=O)NC(Cc1ccccc1)c1ccccc1. The number of rotatable bonds is 6. The molecule has 0 bridgehead atoms. The Hall–Kier alpha value is -1.84. The summed E-state index contributed by atoms with van der Waals surface area (Å²) in [5.74, 6) is 0.445. The van der Waals surface area contributed by atoms with Gasteiger partial charge in [-0.25, -0.2) is 0 Å². The lowest BCUT2D eigenvalue weighted by molar-refractivity contribution is -0.122. The van der Waals surface area contributed by atoms with Crippen LogP contribution in [0.25, 0.3) is 0 Å². The van der Waals surface area contributed by atoms with Crippen LogP contribution in [0.1, 0.15) is 42.9 Å². The van der Waals surface area contributed by atoms with Crippen molar-refractivity contribution in [3.8, 4) is 0 Å². The number of carbonyl (C=O) groups excluding carboxylic acids is 1. The highest BCUT2D eigenvalue weighted by molar-refractivity contribution is 5.85. The van der Waals surface area contributed by atoms with E-state index in [1.54, 1.807) is 0 Å². The van der Waals surface area contributed by atoms with E-state index in [1.807, 2.05) is 36.4 Å². The Kier molecular flexibility index (Phi) is 7.48. The van der Waals surface area contributed by atoms with Crippen molar-refractivity contribution in [3.05, 3.63) is 71.8 Å². The largest absolute Gasteiger partial charge is 0.349 e. The van der Waals surface area contributed by atoms with Gasteiger partial charge in [0.2, 0.25) is 5.91 Å². The van der Waals surface area contributed by atoms with Crippen molar-refractivity contribution in [3.63, 3.8) is 0 Å². The first kappa shape index (κ1) is 19.5. The molecular weight excluding hydrogens is 332 g/mol. The van der Waals surface area contributed by atoms with Gasteiger partial charge in [-0.2, -0.15) is 0 Å². The minimum atomic E-state index is -0.00118. The van der Waals surface area contributed by atoms with Crippen LogP contribution in [-0.4, -0.2) is 11.9 Å². The molecule has 1 aliphatic rings. The molecule has 0 saturated heterocycles. The van der Waals surface area contributed by atoms with Crippen molar-refractivity contribution in [2.24, 2.45) is 11.7 Å². The van der Waals surface area contributed by atoms with Crippen LogP contribution in [0.2, 0.25) is 0 Å². The lowest BCUT2D eigenvalue weighted by atomic mass is 9.96. The molecule has 0 radical (unpaired) electrons. The normalized spacial score (nSPS) is 20.5. The molecular formula is C21H27ClN2O. The lowest BCUT2D eigenvalue weighted by Gasteiger charge is -2.22. The fourth-order valence-electron chi connectivity index (χ4n) is 3.60. The maximum atomic E-state index is 12.6. The van der Waals surface area contributed by atoms with E-state index >= 15 is 0 Å². The van der Waals surface area contributed by atoms with Gasteiger partial charge in [-0.15, -0.1) is 12.4 Å². The molecule has 0 heterocycles. The van der Waals surface area contributed by atoms with Crippen molar-refractivity contribution >= 4 is 18.3 Å². The van der Waals surface area contributed by atoms with Crippen LogP contribution < -0.4 is 11.1 Å². The Labute approximate surface area is 156 Å². The van der Waals surface area contributed by atoms with Gasteiger partial charge < -0.3 is 11.1 Å². The number of halogens is 1. The van der Waals surface area contributed by atoms with Gasteiger partial charge in [0.05, 0.1) is 6.04 Å². The average molecular weight is 359 g/mol. The zero-order chi connectivity index (χ0) is 16.8. The zero-order valence-electron chi connectivity index (χ0n) is 14.4. The van der Waals surface area contributed by atoms with Crippen LogP contribution in [0.15, 0.2) is 60.7 Å². The fraction of sp³-hybridized carbons (Fsp3) is 0.381. The Morgan fingerprint density at radius 1 is 1.04 bits per heavy atom. The van der Waals surface area contributed by atoms with Crippen LogP contribution in [0.4, 0.5) is 0 Å². The molecule has 3 nitrogen and oxygen atoms in total. The van der Waals surface area contributed by atoms with Crippen molar-refractivity contribution < 1.29 is 4.79 Å². The predicted octanol–water partition coefficient (Wildman–Crippen LogP) is 4.03. The van der Waals surface area contributed by atoms with E-state index in [1.165, 1.54) is 5.56 Å². The molecule has 0 aliphatic heterocycles. The van der Waals surface area contributed by atoms with E-state index in [0.717, 1.165) is 31.2 Å². The third kappa shape index (κ3) is 5.58. The minimum absolute atomic E-state index is 0. The van der Waals surface area contributed by atoms with Gasteiger partial charge in [-0.05, 0) is 36.3 Å². The quantitative estimate of drug-likeness (QED) is 0.819. The summed E-state index contributed by atoms with van der Waals surface area (Å²) >= 11 is 0. The second-order valence-corrected chi connectivity index (χ2v) is 6.78. The van der Waals surface area contributed by atoms with Gasteiger partial charge in [0, 0.05) is 12.5 Å². The number of benzene rings is 2. The van der Waals surface area contributed by atoms with Gasteiger partial charge in [0.25, 0.3) is 0 Å². The average Bonchev–Trinajstić information content (AvgIpc) is 3.01. The third-order valence-electron chi connectivity index (χ3n) is 4.99. The van der Waals surface area contributed by atoms with Gasteiger partial charge in [-0.3, -0.25) is 4.79 Å². The maximum Gasteiger partial charge on any atom is 0.220 e. The van der Waals surface area contributed by atoms with Crippen LogP contribution in [0.3, 0.4) is 0 Å². The van der Waals surface area contributed by atoms with E-state index in [0.29, 0.717) is 12.3 Å². The van der Waals surface area contributed by atoms with Crippen LogP contribution in [0.5, 0.6) is 0 Å². The van der Waals surface area contributed by atoms with Gasteiger partial charge in [0.1, 0.15) is 0 Å². The molecule has 2 aromatic carbocycles. The summed E-state index contributed by atoms with van der Waals surface area (Å²) < 4.78 is 0. The van der Waals surface area contributed by atoms with Crippen molar-refractivity contribution in [1.82, 2.24) is 5.32 Å². The molecule has 3 rings (SSSR count). The van der Waals surface area contributed by atoms with Crippen molar-refractivity contribution in [2.75, 3.05) is 0 Å². The Morgan fingerprint density at radius 2 is 1.68 bits per heavy atom. The highest BCUT2D eigenvalue weighted by atomic mass is 35.5. The van der Waals surface area contributed by atoms with Crippen LogP contribution in [0, 0.1) is 5.92 Å². The molecule has 0 aromatic heterocycles. The first-order chi connectivity index (χ1) is 11.7. The lowest BCUT2D eigenvalue weighted by Crippen LogP contribution is -2.34. The summed E-state index contributed by atoms with van der Waals surface area (Å²) in [6.07, 6.45) is 4.60. The van der Waals surface area contributed by atoms with Gasteiger partial charge in [-0.1, -0.05) is 67.1 Å². The smallest absolute Gasteiger partial charge is 0.220 e. The molecule has 1 aliphatic carbocycles. The maximum absolute atomic E-state index is 12.6. The zero-order valence-corrected chi connectivity index (χ0v) is 15.3. The van der Waals surface area contributed by atoms with E-state index in [2.05, 4.69) is 29.6 Å². The second kappa shape index (κ2) is 9.59. The van der Waals surface area contributed by atoms with Crippen molar-refractivity contribution in [1.29, 1.82) is 0 Å². The summed E-state index contributed by atoms with van der Waals surface area (Å²) in [5, 5.41) is 3.23. The number of hydrogen-bond donors (Lipinski definition) is 2. The number of hydrogen-bond acceptors (Lipinski definition) is 2. The Morgan fingerprint density at radius 3 is 2.28 bits per heavy atom. The van der Waals surface area contributed by atoms with E-state index in [4.69, 9.17) is 5.73 Å². The molecule has 1 amide bonds. The second-order valence-electron chi connectivity index (χ2n) is 6.78. The molecule has 1 unspecified atom stereocenters. The first-order valence-corrected chi connectivity index (χ1v) is 8.86. The standard InChI is InChI=1S/C21H26N2O.ClH/c22-19-13-7-12-18(19)15-21(24)23-20(17-10-5-2-6-11-17)14-16-8-3-1-4-9-16;/h1-6,8-11,18-20H,7,12-15,22H2,(H,23,24);1H/t18-,19+,20?;/m0./s1. The number of carbonyl (C=O) groups is 1. The summed E-state index contributed by atoms with van der Waals surface area (Å²) in [4.78, 5) is 12.6. The number of nitrogens with one attached hydrogen (secondary N) is 1. The molecule has 3 atom stereocenters. The fourth-order valence-corrected chi connectivity index (χ4v) is 3.60. The molecule has 1 saturated carbocycles. The number of amides is 1. The molecule has 134 valence electrons. The molecule has 1 fully saturated rings. The van der Waals surface area contributed by atoms with E-state index in [-0.39, 0.29) is 30.4 Å². The molecule has 25 heavy (non-hydrogen) atoms. The highest BCUT2D eigenvalue weighted by Crippen LogP contribution is 2.27. The summed E-state index contributed by atoms with van der Waals surface area (Å²) in [6.45, 7) is 0. The van der Waals surface area contributed by atoms with Crippen molar-refractivity contribution in [2.45, 2.75) is 44.2 Å². The summed E-state index contributed by atoms with van der Waals surface area (Å²) in [7, 11) is 0. The summed E-state index contributed by atoms with van der Waals surface area (Å²) in [6, 6.07) is 20.7. The van der Waals surface area contributed by atoms with E-state index in [9.17, 15) is 4.79 Å². The van der Waals surface area contributed by atoms with Gasteiger partial charge in [0.15, 0.2) is 0 Å². The monoisotopic (exact) mass is 358 g/mol. The van der Waals surface area contributed by atoms with Crippen LogP contribution >= 0.6 is 12.4 Å². The van der Waals surface area contributed by atoms with Gasteiger partial charge >= 0.3 is 0 Å². The molecule has 2 aromatic rings. The Balaban J connectivity index is 0.00000225. The topological polar surface area (TPSA) is 55.1 Å². The number of nitrogens with two attached hydrogens (primary N) is 1. The molecule has 4 heteroatoms.